The number of nitrogens with two attached hydrogens (primary N) is 1. The summed E-state index contributed by atoms with van der Waals surface area (Å²) < 4.78 is 0. The molecule has 2 rings (SSSR count). The maximum Gasteiger partial charge on any atom is 0.289 e. The topological polar surface area (TPSA) is 92.5 Å². The zero-order chi connectivity index (χ0) is 17.5. The van der Waals surface area contributed by atoms with Crippen LogP contribution in [0.25, 0.3) is 0 Å². The Morgan fingerprint density at radius 2 is 2.00 bits per heavy atom. The second-order valence-corrected chi connectivity index (χ2v) is 6.08. The van der Waals surface area contributed by atoms with E-state index in [0.717, 1.165) is 12.0 Å². The van der Waals surface area contributed by atoms with E-state index in [9.17, 15) is 14.4 Å². The van der Waals surface area contributed by atoms with E-state index in [1.807, 2.05) is 37.3 Å². The fraction of sp³-hybridized carbons (Fsp3) is 0.500. The second-order valence-electron chi connectivity index (χ2n) is 6.08. The minimum Gasteiger partial charge on any atom is -0.368 e. The van der Waals surface area contributed by atoms with Gasteiger partial charge in [0.1, 0.15) is 0 Å². The number of benzene rings is 1. The molecule has 1 aliphatic rings. The van der Waals surface area contributed by atoms with Crippen molar-refractivity contribution < 1.29 is 14.4 Å². The van der Waals surface area contributed by atoms with E-state index in [1.165, 1.54) is 0 Å². The number of hydrogen-bond acceptors (Lipinski definition) is 4. The summed E-state index contributed by atoms with van der Waals surface area (Å²) in [5.41, 5.74) is 6.51. The van der Waals surface area contributed by atoms with E-state index >= 15 is 0 Å². The molecule has 0 spiro atoms. The molecule has 1 saturated heterocycles. The predicted molar refractivity (Wildman–Crippen MR) is 91.2 cm³/mol. The third-order valence-corrected chi connectivity index (χ3v) is 4.48. The quantitative estimate of drug-likeness (QED) is 0.684. The lowest BCUT2D eigenvalue weighted by Gasteiger charge is -2.29. The molecule has 130 valence electrons. The molecule has 6 heteroatoms. The van der Waals surface area contributed by atoms with Crippen molar-refractivity contribution in [2.45, 2.75) is 44.7 Å². The molecule has 1 heterocycles. The number of nitrogens with one attached hydrogen (secondary N) is 1. The lowest BCUT2D eigenvalue weighted by atomic mass is 10.1. The number of carbonyl (C=O) groups excluding carboxylic acids is 3. The standard InChI is InChI=1S/C18H25N3O3/c1-2-14(21-12-6-9-15(21)17(19)23)16(22)18(24)20-11-10-13-7-4-3-5-8-13/h3-5,7-8,14-15H,2,6,9-12H2,1H3,(H2,19,23)(H,20,24)/t14-,15?/m0/s1. The summed E-state index contributed by atoms with van der Waals surface area (Å²) in [4.78, 5) is 37.9. The molecular formula is C18H25N3O3. The highest BCUT2D eigenvalue weighted by molar-refractivity contribution is 6.38. The normalized spacial score (nSPS) is 19.0. The Morgan fingerprint density at radius 1 is 1.29 bits per heavy atom. The molecule has 0 saturated carbocycles. The molecule has 1 aromatic carbocycles. The van der Waals surface area contributed by atoms with E-state index in [0.29, 0.717) is 32.4 Å². The summed E-state index contributed by atoms with van der Waals surface area (Å²) >= 11 is 0. The van der Waals surface area contributed by atoms with Gasteiger partial charge in [0.05, 0.1) is 12.1 Å². The average molecular weight is 331 g/mol. The average Bonchev–Trinajstić information content (AvgIpc) is 3.06. The van der Waals surface area contributed by atoms with Crippen LogP contribution in [-0.2, 0) is 20.8 Å². The maximum absolute atomic E-state index is 12.5. The Hall–Kier alpha value is -2.21. The van der Waals surface area contributed by atoms with Crippen LogP contribution in [0.3, 0.4) is 0 Å². The zero-order valence-electron chi connectivity index (χ0n) is 14.0. The molecule has 6 nitrogen and oxygen atoms in total. The summed E-state index contributed by atoms with van der Waals surface area (Å²) in [5.74, 6) is -1.50. The van der Waals surface area contributed by atoms with Crippen molar-refractivity contribution >= 4 is 17.6 Å². The number of Topliss-reactive ketones (excluding diaryl/α,β-unsaturated/α-hetero) is 1. The molecule has 1 unspecified atom stereocenters. The van der Waals surface area contributed by atoms with Gasteiger partial charge in [0.2, 0.25) is 11.7 Å². The molecule has 24 heavy (non-hydrogen) atoms. The van der Waals surface area contributed by atoms with Crippen molar-refractivity contribution in [1.29, 1.82) is 0 Å². The molecule has 0 bridgehead atoms. The Labute approximate surface area is 142 Å². The minimum atomic E-state index is -0.590. The van der Waals surface area contributed by atoms with Gasteiger partial charge in [0, 0.05) is 6.54 Å². The Bertz CT molecular complexity index is 588. The monoisotopic (exact) mass is 331 g/mol. The number of primary amides is 1. The van der Waals surface area contributed by atoms with Gasteiger partial charge < -0.3 is 11.1 Å². The van der Waals surface area contributed by atoms with E-state index in [2.05, 4.69) is 5.32 Å². The van der Waals surface area contributed by atoms with Gasteiger partial charge in [-0.3, -0.25) is 19.3 Å². The van der Waals surface area contributed by atoms with Gasteiger partial charge in [0.25, 0.3) is 5.91 Å². The first-order valence-corrected chi connectivity index (χ1v) is 8.45. The van der Waals surface area contributed by atoms with Gasteiger partial charge in [-0.15, -0.1) is 0 Å². The van der Waals surface area contributed by atoms with Crippen molar-refractivity contribution in [3.8, 4) is 0 Å². The van der Waals surface area contributed by atoms with Crippen molar-refractivity contribution in [3.63, 3.8) is 0 Å². The summed E-state index contributed by atoms with van der Waals surface area (Å²) in [7, 11) is 0. The van der Waals surface area contributed by atoms with Gasteiger partial charge in [0.15, 0.2) is 0 Å². The number of amides is 2. The van der Waals surface area contributed by atoms with Crippen molar-refractivity contribution in [2.75, 3.05) is 13.1 Å². The van der Waals surface area contributed by atoms with Crippen molar-refractivity contribution in [1.82, 2.24) is 10.2 Å². The van der Waals surface area contributed by atoms with Crippen LogP contribution in [0.2, 0.25) is 0 Å². The van der Waals surface area contributed by atoms with Gasteiger partial charge in [-0.1, -0.05) is 37.3 Å². The van der Waals surface area contributed by atoms with Crippen molar-refractivity contribution in [3.05, 3.63) is 35.9 Å². The molecule has 2 amide bonds. The Balaban J connectivity index is 1.90. The lowest BCUT2D eigenvalue weighted by Crippen LogP contribution is -2.52. The largest absolute Gasteiger partial charge is 0.368 e. The summed E-state index contributed by atoms with van der Waals surface area (Å²) in [5, 5.41) is 2.68. The first kappa shape index (κ1) is 18.1. The van der Waals surface area contributed by atoms with E-state index < -0.39 is 29.7 Å². The predicted octanol–water partition coefficient (Wildman–Crippen LogP) is 0.643. The summed E-state index contributed by atoms with van der Waals surface area (Å²) in [6.45, 7) is 2.87. The first-order chi connectivity index (χ1) is 11.5. The Morgan fingerprint density at radius 3 is 2.62 bits per heavy atom. The number of rotatable bonds is 8. The van der Waals surface area contributed by atoms with Gasteiger partial charge in [-0.05, 0) is 37.8 Å². The van der Waals surface area contributed by atoms with Crippen LogP contribution in [0.4, 0.5) is 0 Å². The zero-order valence-corrected chi connectivity index (χ0v) is 14.0. The summed E-state index contributed by atoms with van der Waals surface area (Å²) in [6, 6.07) is 8.73. The van der Waals surface area contributed by atoms with Crippen LogP contribution in [0, 0.1) is 0 Å². The Kier molecular flexibility index (Phi) is 6.49. The van der Waals surface area contributed by atoms with E-state index in [1.54, 1.807) is 4.90 Å². The van der Waals surface area contributed by atoms with Crippen LogP contribution >= 0.6 is 0 Å². The van der Waals surface area contributed by atoms with Gasteiger partial charge in [-0.2, -0.15) is 0 Å². The van der Waals surface area contributed by atoms with Gasteiger partial charge in [-0.25, -0.2) is 0 Å². The molecule has 2 atom stereocenters. The molecule has 1 aliphatic heterocycles. The fourth-order valence-corrected chi connectivity index (χ4v) is 3.24. The number of carbonyl (C=O) groups is 3. The first-order valence-electron chi connectivity index (χ1n) is 8.45. The van der Waals surface area contributed by atoms with Crippen LogP contribution in [0.5, 0.6) is 0 Å². The van der Waals surface area contributed by atoms with Crippen LogP contribution in [0.1, 0.15) is 31.7 Å². The van der Waals surface area contributed by atoms with E-state index in [-0.39, 0.29) is 0 Å². The molecule has 0 aromatic heterocycles. The number of likely N-dealkylation sites (tertiary alicyclic amines) is 1. The van der Waals surface area contributed by atoms with Crippen LogP contribution < -0.4 is 11.1 Å². The van der Waals surface area contributed by atoms with E-state index in [4.69, 9.17) is 5.73 Å². The van der Waals surface area contributed by atoms with Crippen molar-refractivity contribution in [2.24, 2.45) is 5.73 Å². The molecule has 0 aliphatic carbocycles. The highest BCUT2D eigenvalue weighted by Gasteiger charge is 2.38. The fourth-order valence-electron chi connectivity index (χ4n) is 3.24. The molecule has 3 N–H and O–H groups in total. The number of hydrogen-bond donors (Lipinski definition) is 2. The van der Waals surface area contributed by atoms with Gasteiger partial charge >= 0.3 is 0 Å². The third-order valence-electron chi connectivity index (χ3n) is 4.48. The van der Waals surface area contributed by atoms with Crippen LogP contribution in [-0.4, -0.2) is 47.7 Å². The lowest BCUT2D eigenvalue weighted by molar-refractivity contribution is -0.142. The minimum absolute atomic E-state index is 0.407. The molecular weight excluding hydrogens is 306 g/mol. The summed E-state index contributed by atoms with van der Waals surface area (Å²) in [6.07, 6.45) is 2.61. The maximum atomic E-state index is 12.5. The smallest absolute Gasteiger partial charge is 0.289 e. The number of ketones is 1. The van der Waals surface area contributed by atoms with Crippen LogP contribution in [0.15, 0.2) is 30.3 Å². The molecule has 1 aromatic rings. The SMILES string of the molecule is CC[C@@H](C(=O)C(=O)NCCc1ccccc1)N1CCCC1C(N)=O. The number of nitrogens with zero attached hydrogens (tertiary/aromatic N) is 1. The second kappa shape index (κ2) is 8.59. The molecule has 0 radical (unpaired) electrons. The molecule has 1 fully saturated rings. The highest BCUT2D eigenvalue weighted by Crippen LogP contribution is 2.22. The third kappa shape index (κ3) is 4.41. The highest BCUT2D eigenvalue weighted by atomic mass is 16.2.